The van der Waals surface area contributed by atoms with Crippen LogP contribution in [0.2, 0.25) is 0 Å². The van der Waals surface area contributed by atoms with Gasteiger partial charge < -0.3 is 14.8 Å². The lowest BCUT2D eigenvalue weighted by molar-refractivity contribution is 0.0678. The molecule has 0 saturated carbocycles. The van der Waals surface area contributed by atoms with Crippen molar-refractivity contribution in [2.24, 2.45) is 0 Å². The van der Waals surface area contributed by atoms with Gasteiger partial charge in [-0.05, 0) is 214 Å². The van der Waals surface area contributed by atoms with Crippen LogP contribution in [0.5, 0.6) is 23.0 Å². The van der Waals surface area contributed by atoms with Crippen LogP contribution in [0.3, 0.4) is 0 Å². The number of imide groups is 5. The van der Waals surface area contributed by atoms with Gasteiger partial charge >= 0.3 is 0 Å². The molecular formula is C83H58N6O13. The summed E-state index contributed by atoms with van der Waals surface area (Å²) < 4.78 is 11.7. The van der Waals surface area contributed by atoms with Gasteiger partial charge in [0, 0.05) is 25.3 Å². The van der Waals surface area contributed by atoms with Gasteiger partial charge in [-0.25, -0.2) is 14.7 Å². The number of amides is 11. The minimum absolute atomic E-state index is 0.200. The summed E-state index contributed by atoms with van der Waals surface area (Å²) in [6.07, 6.45) is 0. The average molecular weight is 1350 g/mol. The maximum atomic E-state index is 13.3. The van der Waals surface area contributed by atoms with Crippen molar-refractivity contribution in [1.82, 2.24) is 9.80 Å². The molecule has 498 valence electrons. The van der Waals surface area contributed by atoms with Gasteiger partial charge in [-0.2, -0.15) is 0 Å². The lowest BCUT2D eigenvalue weighted by Crippen LogP contribution is -2.29. The molecule has 102 heavy (non-hydrogen) atoms. The summed E-state index contributed by atoms with van der Waals surface area (Å²) in [5, 5.41) is 2.81. The molecule has 16 rings (SSSR count). The maximum Gasteiger partial charge on any atom is 0.266 e. The lowest BCUT2D eigenvalue weighted by atomic mass is 9.97. The Morgan fingerprint density at radius 2 is 0.500 bits per heavy atom. The summed E-state index contributed by atoms with van der Waals surface area (Å²) >= 11 is 0. The zero-order valence-electron chi connectivity index (χ0n) is 55.6. The van der Waals surface area contributed by atoms with Crippen LogP contribution < -0.4 is 29.5 Å². The first kappa shape index (κ1) is 65.5. The third-order valence-electron chi connectivity index (χ3n) is 18.1. The third kappa shape index (κ3) is 12.1. The Kier molecular flexibility index (Phi) is 16.8. The van der Waals surface area contributed by atoms with E-state index in [0.717, 1.165) is 41.9 Å². The van der Waals surface area contributed by atoms with Gasteiger partial charge in [0.25, 0.3) is 65.0 Å². The fourth-order valence-electron chi connectivity index (χ4n) is 12.4. The van der Waals surface area contributed by atoms with Crippen LogP contribution in [0.4, 0.5) is 22.7 Å². The fraction of sp³-hybridized carbons (Fsp3) is 0.0723. The molecule has 0 radical (unpaired) electrons. The topological polar surface area (TPSA) is 234 Å². The van der Waals surface area contributed by atoms with E-state index in [1.165, 1.54) is 31.1 Å². The number of fused-ring (bicyclic) bond motifs is 5. The number of aryl methyl sites for hydroxylation is 4. The summed E-state index contributed by atoms with van der Waals surface area (Å²) in [5.41, 5.74) is 12.5. The third-order valence-corrected chi connectivity index (χ3v) is 18.1. The van der Waals surface area contributed by atoms with Gasteiger partial charge in [0.1, 0.15) is 23.0 Å². The summed E-state index contributed by atoms with van der Waals surface area (Å²) in [7, 11) is 2.89. The molecule has 11 aromatic rings. The van der Waals surface area contributed by atoms with E-state index in [-0.39, 0.29) is 58.0 Å². The van der Waals surface area contributed by atoms with Crippen molar-refractivity contribution < 1.29 is 62.2 Å². The second kappa shape index (κ2) is 26.2. The first-order chi connectivity index (χ1) is 49.1. The highest BCUT2D eigenvalue weighted by Gasteiger charge is 2.41. The normalized spacial score (nSPS) is 13.9. The highest BCUT2D eigenvalue weighted by atomic mass is 16.5. The number of nitrogens with zero attached hydrogens (tertiary/aromatic N) is 5. The van der Waals surface area contributed by atoms with Crippen molar-refractivity contribution in [3.05, 3.63) is 320 Å². The van der Waals surface area contributed by atoms with Crippen LogP contribution in [0.25, 0.3) is 22.3 Å². The smallest absolute Gasteiger partial charge is 0.266 e. The fourth-order valence-corrected chi connectivity index (χ4v) is 12.4. The molecule has 19 heteroatoms. The molecule has 0 atom stereocenters. The lowest BCUT2D eigenvalue weighted by Gasteiger charge is -2.14. The highest BCUT2D eigenvalue weighted by Crippen LogP contribution is 2.38. The number of carbonyl (C=O) groups excluding carboxylic acids is 11. The molecule has 5 heterocycles. The molecule has 5 aliphatic rings. The first-order valence-corrected chi connectivity index (χ1v) is 32.2. The Hall–Kier alpha value is -13.8. The van der Waals surface area contributed by atoms with Crippen molar-refractivity contribution >= 4 is 87.7 Å². The number of ether oxygens (including phenoxy) is 2. The standard InChI is InChI=1S/C30H20N2O5.C29H22N2O4.C24H16N2O4/c1-17-3-9-21(10-4-17)37-22-11-7-20(8-12-22)32-29(35)24-14-6-19(16-26(24)30(32)36)18-5-13-23-25(15-18)28(34)31(2)27(23)33;1-18-3-8-21(9-4-18)30-27(32)20-7-16-25-26(17-20)29(34)31(28(25)33)22-10-14-24(15-11-22)35-23-12-5-19(2)6-13-23;1-13-3-7-16(8-4-13)26-23(29)18-10-6-15(12-20(18)24(26)30)14-5-9-17-19(11-14)22(28)25(2)21(17)27/h3-16H,1-2H3;3-17H,1-2H3,(H,30,32);3-12H,1-2H3. The number of hydrogen-bond acceptors (Lipinski definition) is 13. The van der Waals surface area contributed by atoms with Crippen molar-refractivity contribution in [3.63, 3.8) is 0 Å². The molecule has 0 unspecified atom stereocenters. The van der Waals surface area contributed by atoms with Crippen LogP contribution in [0.1, 0.15) is 136 Å². The second-order valence-electron chi connectivity index (χ2n) is 25.0. The number of anilines is 4. The summed E-state index contributed by atoms with van der Waals surface area (Å²) in [5.74, 6) is -1.66. The first-order valence-electron chi connectivity index (χ1n) is 32.2. The Balaban J connectivity index is 0.000000130. The molecule has 11 aromatic carbocycles. The van der Waals surface area contributed by atoms with Gasteiger partial charge in [-0.1, -0.05) is 95.1 Å². The molecular weight excluding hydrogens is 1290 g/mol. The molecule has 1 N–H and O–H groups in total. The van der Waals surface area contributed by atoms with Gasteiger partial charge in [-0.3, -0.25) is 62.5 Å². The summed E-state index contributed by atoms with van der Waals surface area (Å²) in [6.45, 7) is 7.90. The molecule has 11 amide bonds. The number of rotatable bonds is 11. The largest absolute Gasteiger partial charge is 0.457 e. The molecule has 5 aliphatic heterocycles. The van der Waals surface area contributed by atoms with E-state index in [4.69, 9.17) is 9.47 Å². The molecule has 0 saturated heterocycles. The van der Waals surface area contributed by atoms with E-state index >= 15 is 0 Å². The van der Waals surface area contributed by atoms with Crippen LogP contribution in [0, 0.1) is 27.7 Å². The van der Waals surface area contributed by atoms with Gasteiger partial charge in [0.2, 0.25) is 0 Å². The van der Waals surface area contributed by atoms with Gasteiger partial charge in [0.15, 0.2) is 0 Å². The maximum absolute atomic E-state index is 13.3. The van der Waals surface area contributed by atoms with Crippen LogP contribution >= 0.6 is 0 Å². The number of benzene rings is 11. The number of carbonyl (C=O) groups is 11. The predicted octanol–water partition coefficient (Wildman–Crippen LogP) is 15.3. The van der Waals surface area contributed by atoms with E-state index in [2.05, 4.69) is 5.32 Å². The van der Waals surface area contributed by atoms with E-state index < -0.39 is 23.6 Å². The summed E-state index contributed by atoms with van der Waals surface area (Å²) in [4.78, 5) is 146. The van der Waals surface area contributed by atoms with Gasteiger partial charge in [0.05, 0.1) is 72.7 Å². The number of hydrogen-bond donors (Lipinski definition) is 1. The van der Waals surface area contributed by atoms with Crippen LogP contribution in [0.15, 0.2) is 237 Å². The molecule has 0 bridgehead atoms. The summed E-state index contributed by atoms with van der Waals surface area (Å²) in [6, 6.07) is 68.0. The zero-order valence-corrected chi connectivity index (χ0v) is 55.6. The Bertz CT molecular complexity index is 5440. The van der Waals surface area contributed by atoms with Crippen molar-refractivity contribution in [3.8, 4) is 45.3 Å². The Morgan fingerprint density at radius 3 is 0.833 bits per heavy atom. The average Bonchev–Trinajstić information content (AvgIpc) is 1.62. The Morgan fingerprint density at radius 1 is 0.265 bits per heavy atom. The van der Waals surface area contributed by atoms with Gasteiger partial charge in [-0.15, -0.1) is 0 Å². The van der Waals surface area contributed by atoms with Crippen molar-refractivity contribution in [2.45, 2.75) is 27.7 Å². The monoisotopic (exact) mass is 1350 g/mol. The predicted molar refractivity (Wildman–Crippen MR) is 382 cm³/mol. The minimum Gasteiger partial charge on any atom is -0.457 e. The van der Waals surface area contributed by atoms with Crippen LogP contribution in [-0.4, -0.2) is 88.9 Å². The van der Waals surface area contributed by atoms with E-state index in [1.807, 2.05) is 113 Å². The van der Waals surface area contributed by atoms with E-state index in [1.54, 1.807) is 140 Å². The number of nitrogens with one attached hydrogen (secondary N) is 1. The van der Waals surface area contributed by atoms with E-state index in [0.29, 0.717) is 113 Å². The molecule has 0 fully saturated rings. The molecule has 0 spiro atoms. The molecule has 19 nitrogen and oxygen atoms in total. The molecule has 0 aromatic heterocycles. The zero-order chi connectivity index (χ0) is 71.5. The minimum atomic E-state index is -0.470. The van der Waals surface area contributed by atoms with Crippen LogP contribution in [-0.2, 0) is 0 Å². The Labute approximate surface area is 584 Å². The van der Waals surface area contributed by atoms with Crippen molar-refractivity contribution in [1.29, 1.82) is 0 Å². The quantitative estimate of drug-likeness (QED) is 0.119. The second-order valence-corrected chi connectivity index (χ2v) is 25.0. The van der Waals surface area contributed by atoms with Crippen molar-refractivity contribution in [2.75, 3.05) is 34.1 Å². The SMILES string of the molecule is Cc1ccc(N2C(=O)c3ccc(-c4ccc5c(c4)C(=O)N(C)C5=O)cc3C2=O)cc1.Cc1ccc(NC(=O)c2ccc3c(c2)C(=O)N(c2ccc(Oc4ccc(C)cc4)cc2)C3=O)cc1.Cc1ccc(Oc2ccc(N3C(=O)c4ccc(-c5ccc6c(c5)C(=O)N(C)C6=O)cc4C3=O)cc2)cc1. The highest BCUT2D eigenvalue weighted by molar-refractivity contribution is 6.37. The molecule has 0 aliphatic carbocycles. The van der Waals surface area contributed by atoms with E-state index in [9.17, 15) is 52.7 Å².